The van der Waals surface area contributed by atoms with Gasteiger partial charge in [0.05, 0.1) is 18.6 Å². The Morgan fingerprint density at radius 1 is 1.35 bits per heavy atom. The Bertz CT molecular complexity index is 414. The van der Waals surface area contributed by atoms with Crippen LogP contribution in [0.1, 0.15) is 5.56 Å². The highest BCUT2D eigenvalue weighted by molar-refractivity contribution is 6.30. The first-order chi connectivity index (χ1) is 8.06. The molecule has 17 heavy (non-hydrogen) atoms. The fourth-order valence-corrected chi connectivity index (χ4v) is 2.12. The van der Waals surface area contributed by atoms with E-state index >= 15 is 0 Å². The number of aliphatic hydroxyl groups is 2. The van der Waals surface area contributed by atoms with Crippen molar-refractivity contribution in [2.45, 2.75) is 18.6 Å². The van der Waals surface area contributed by atoms with Gasteiger partial charge in [0.1, 0.15) is 0 Å². The van der Waals surface area contributed by atoms with Gasteiger partial charge in [-0.3, -0.25) is 4.79 Å². The minimum absolute atomic E-state index is 0.108. The summed E-state index contributed by atoms with van der Waals surface area (Å²) in [7, 11) is 0. The van der Waals surface area contributed by atoms with Gasteiger partial charge in [-0.25, -0.2) is 0 Å². The molecule has 0 aliphatic carbocycles. The summed E-state index contributed by atoms with van der Waals surface area (Å²) >= 11 is 5.83. The molecule has 2 N–H and O–H groups in total. The molecular formula is C12H14ClNO3. The van der Waals surface area contributed by atoms with Crippen LogP contribution in [0, 0.1) is 0 Å². The molecule has 1 aliphatic rings. The van der Waals surface area contributed by atoms with Crippen LogP contribution in [-0.4, -0.2) is 46.3 Å². The molecule has 1 heterocycles. The monoisotopic (exact) mass is 255 g/mol. The Kier molecular flexibility index (Phi) is 3.66. The molecule has 1 aromatic carbocycles. The SMILES string of the molecule is O=C(Cc1cccc(Cl)c1)N1C[C@@H](O)[C@@H](O)C1. The zero-order valence-electron chi connectivity index (χ0n) is 9.21. The van der Waals surface area contributed by atoms with E-state index < -0.39 is 12.2 Å². The molecule has 0 saturated carbocycles. The Morgan fingerprint density at radius 3 is 2.59 bits per heavy atom. The highest BCUT2D eigenvalue weighted by Gasteiger charge is 2.32. The first kappa shape index (κ1) is 12.4. The lowest BCUT2D eigenvalue weighted by molar-refractivity contribution is -0.129. The van der Waals surface area contributed by atoms with Crippen molar-refractivity contribution in [3.63, 3.8) is 0 Å². The summed E-state index contributed by atoms with van der Waals surface area (Å²) in [6.45, 7) is 0.390. The number of benzene rings is 1. The van der Waals surface area contributed by atoms with Gasteiger partial charge in [-0.15, -0.1) is 0 Å². The second kappa shape index (κ2) is 5.04. The molecule has 0 spiro atoms. The second-order valence-electron chi connectivity index (χ2n) is 4.24. The number of hydrogen-bond acceptors (Lipinski definition) is 3. The molecule has 0 bridgehead atoms. The maximum atomic E-state index is 11.9. The lowest BCUT2D eigenvalue weighted by atomic mass is 10.1. The summed E-state index contributed by atoms with van der Waals surface area (Å²) in [6, 6.07) is 7.10. The number of carbonyl (C=O) groups is 1. The van der Waals surface area contributed by atoms with E-state index in [0.717, 1.165) is 5.56 Å². The lowest BCUT2D eigenvalue weighted by Gasteiger charge is -2.15. The van der Waals surface area contributed by atoms with Gasteiger partial charge in [0.25, 0.3) is 0 Å². The van der Waals surface area contributed by atoms with Crippen LogP contribution >= 0.6 is 11.6 Å². The minimum atomic E-state index is -0.835. The summed E-state index contributed by atoms with van der Waals surface area (Å²) in [5.74, 6) is -0.108. The standard InChI is InChI=1S/C12H14ClNO3/c13-9-3-1-2-8(4-9)5-12(17)14-6-10(15)11(16)7-14/h1-4,10-11,15-16H,5-7H2/t10-,11+. The van der Waals surface area contributed by atoms with Crippen LogP contribution < -0.4 is 0 Å². The fourth-order valence-electron chi connectivity index (χ4n) is 1.91. The number of carbonyl (C=O) groups excluding carboxylic acids is 1. The number of rotatable bonds is 2. The van der Waals surface area contributed by atoms with Crippen LogP contribution in [0.15, 0.2) is 24.3 Å². The van der Waals surface area contributed by atoms with Crippen molar-refractivity contribution in [2.75, 3.05) is 13.1 Å². The van der Waals surface area contributed by atoms with Crippen LogP contribution in [0.2, 0.25) is 5.02 Å². The fraction of sp³-hybridized carbons (Fsp3) is 0.417. The first-order valence-corrected chi connectivity index (χ1v) is 5.82. The van der Waals surface area contributed by atoms with Gasteiger partial charge < -0.3 is 15.1 Å². The van der Waals surface area contributed by atoms with E-state index in [0.29, 0.717) is 5.02 Å². The van der Waals surface area contributed by atoms with Crippen molar-refractivity contribution in [3.05, 3.63) is 34.9 Å². The van der Waals surface area contributed by atoms with E-state index in [1.165, 1.54) is 4.90 Å². The highest BCUT2D eigenvalue weighted by Crippen LogP contribution is 2.15. The quantitative estimate of drug-likeness (QED) is 0.807. The summed E-state index contributed by atoms with van der Waals surface area (Å²) in [4.78, 5) is 13.3. The molecular weight excluding hydrogens is 242 g/mol. The third-order valence-corrected chi connectivity index (χ3v) is 3.09. The number of amides is 1. The Hall–Kier alpha value is -1.10. The van der Waals surface area contributed by atoms with E-state index in [1.807, 2.05) is 6.07 Å². The smallest absolute Gasteiger partial charge is 0.227 e. The predicted octanol–water partition coefficient (Wildman–Crippen LogP) is 0.446. The van der Waals surface area contributed by atoms with Crippen LogP contribution in [0.4, 0.5) is 0 Å². The molecule has 0 radical (unpaired) electrons. The van der Waals surface area contributed by atoms with E-state index in [4.69, 9.17) is 11.6 Å². The van der Waals surface area contributed by atoms with Crippen molar-refractivity contribution in [3.8, 4) is 0 Å². The molecule has 4 nitrogen and oxygen atoms in total. The third-order valence-electron chi connectivity index (χ3n) is 2.86. The molecule has 1 aliphatic heterocycles. The summed E-state index contributed by atoms with van der Waals surface area (Å²) in [5.41, 5.74) is 0.832. The largest absolute Gasteiger partial charge is 0.388 e. The maximum absolute atomic E-state index is 11.9. The second-order valence-corrected chi connectivity index (χ2v) is 4.68. The average Bonchev–Trinajstić information content (AvgIpc) is 2.59. The van der Waals surface area contributed by atoms with Gasteiger partial charge in [-0.1, -0.05) is 23.7 Å². The number of hydrogen-bond donors (Lipinski definition) is 2. The van der Waals surface area contributed by atoms with Crippen molar-refractivity contribution in [1.82, 2.24) is 4.90 Å². The maximum Gasteiger partial charge on any atom is 0.227 e. The van der Waals surface area contributed by atoms with Gasteiger partial charge in [0.15, 0.2) is 0 Å². The van der Waals surface area contributed by atoms with E-state index in [9.17, 15) is 15.0 Å². The molecule has 1 aromatic rings. The number of β-amino-alcohol motifs (C(OH)–C–C–N with tert-alkyl or cyclic N) is 2. The van der Waals surface area contributed by atoms with Gasteiger partial charge in [-0.2, -0.15) is 0 Å². The predicted molar refractivity (Wildman–Crippen MR) is 63.7 cm³/mol. The van der Waals surface area contributed by atoms with Gasteiger partial charge >= 0.3 is 0 Å². The van der Waals surface area contributed by atoms with Crippen LogP contribution in [0.25, 0.3) is 0 Å². The topological polar surface area (TPSA) is 60.8 Å². The van der Waals surface area contributed by atoms with Gasteiger partial charge in [0, 0.05) is 18.1 Å². The Morgan fingerprint density at radius 2 is 2.00 bits per heavy atom. The number of halogens is 1. The van der Waals surface area contributed by atoms with E-state index in [-0.39, 0.29) is 25.4 Å². The minimum Gasteiger partial charge on any atom is -0.388 e. The number of likely N-dealkylation sites (tertiary alicyclic amines) is 1. The molecule has 1 amide bonds. The van der Waals surface area contributed by atoms with E-state index in [1.54, 1.807) is 18.2 Å². The number of nitrogens with zero attached hydrogens (tertiary/aromatic N) is 1. The zero-order valence-corrected chi connectivity index (χ0v) is 9.97. The molecule has 0 aromatic heterocycles. The Labute approximate surface area is 104 Å². The summed E-state index contributed by atoms with van der Waals surface area (Å²) in [6.07, 6.45) is -1.43. The molecule has 2 rings (SSSR count). The first-order valence-electron chi connectivity index (χ1n) is 5.44. The molecule has 5 heteroatoms. The van der Waals surface area contributed by atoms with Gasteiger partial charge in [0.2, 0.25) is 5.91 Å². The average molecular weight is 256 g/mol. The van der Waals surface area contributed by atoms with Crippen LogP contribution in [0.3, 0.4) is 0 Å². The zero-order chi connectivity index (χ0) is 12.4. The Balaban J connectivity index is 1.98. The van der Waals surface area contributed by atoms with E-state index in [2.05, 4.69) is 0 Å². The normalized spacial score (nSPS) is 24.1. The molecule has 1 saturated heterocycles. The van der Waals surface area contributed by atoms with Crippen LogP contribution in [-0.2, 0) is 11.2 Å². The molecule has 92 valence electrons. The molecule has 0 unspecified atom stereocenters. The number of aliphatic hydroxyl groups excluding tert-OH is 2. The highest BCUT2D eigenvalue weighted by atomic mass is 35.5. The van der Waals surface area contributed by atoms with Crippen molar-refractivity contribution >= 4 is 17.5 Å². The van der Waals surface area contributed by atoms with Crippen LogP contribution in [0.5, 0.6) is 0 Å². The molecule has 1 fully saturated rings. The summed E-state index contributed by atoms with van der Waals surface area (Å²) < 4.78 is 0. The lowest BCUT2D eigenvalue weighted by Crippen LogP contribution is -2.31. The third kappa shape index (κ3) is 2.97. The van der Waals surface area contributed by atoms with Gasteiger partial charge in [-0.05, 0) is 17.7 Å². The molecule has 2 atom stereocenters. The summed E-state index contributed by atoms with van der Waals surface area (Å²) in [5, 5.41) is 19.3. The van der Waals surface area contributed by atoms with Crippen molar-refractivity contribution in [2.24, 2.45) is 0 Å². The van der Waals surface area contributed by atoms with Crippen molar-refractivity contribution in [1.29, 1.82) is 0 Å². The van der Waals surface area contributed by atoms with Crippen molar-refractivity contribution < 1.29 is 15.0 Å².